The maximum Gasteiger partial charge on any atom is 0.337 e. The van der Waals surface area contributed by atoms with Gasteiger partial charge in [-0.3, -0.25) is 14.4 Å². The normalized spacial score (nSPS) is 11.5. The van der Waals surface area contributed by atoms with Gasteiger partial charge in [0.2, 0.25) is 11.8 Å². The SMILES string of the molecule is CCC(NC(=O)c1c(I)c(NC(=O)COC)c(I)c(C(=O)O)c1I)C(=O)NC. The molecule has 0 radical (unpaired) electrons. The molecule has 0 saturated heterocycles. The van der Waals surface area contributed by atoms with Crippen LogP contribution in [0.1, 0.15) is 34.1 Å². The van der Waals surface area contributed by atoms with Crippen LogP contribution in [0.25, 0.3) is 0 Å². The quantitative estimate of drug-likeness (QED) is 0.303. The minimum Gasteiger partial charge on any atom is -0.478 e. The number of methoxy groups -OCH3 is 1. The Bertz CT molecular complexity index is 816. The lowest BCUT2D eigenvalue weighted by molar-refractivity contribution is -0.122. The number of halogens is 3. The first kappa shape index (κ1) is 25.3. The average molecular weight is 729 g/mol. The van der Waals surface area contributed by atoms with Gasteiger partial charge in [0.05, 0.1) is 24.0 Å². The number of anilines is 1. The van der Waals surface area contributed by atoms with E-state index in [9.17, 15) is 24.3 Å². The molecule has 1 aromatic rings. The van der Waals surface area contributed by atoms with Crippen LogP contribution in [0.15, 0.2) is 0 Å². The maximum absolute atomic E-state index is 12.9. The van der Waals surface area contributed by atoms with Crippen LogP contribution >= 0.6 is 67.8 Å². The minimum atomic E-state index is -1.24. The van der Waals surface area contributed by atoms with E-state index < -0.39 is 23.8 Å². The number of nitrogens with one attached hydrogen (secondary N) is 3. The summed E-state index contributed by atoms with van der Waals surface area (Å²) in [5, 5.41) is 17.3. The van der Waals surface area contributed by atoms with Crippen LogP contribution in [0, 0.1) is 10.7 Å². The van der Waals surface area contributed by atoms with Gasteiger partial charge in [0.1, 0.15) is 12.6 Å². The van der Waals surface area contributed by atoms with Gasteiger partial charge in [-0.1, -0.05) is 6.92 Å². The van der Waals surface area contributed by atoms with Gasteiger partial charge in [-0.2, -0.15) is 0 Å². The molecule has 9 nitrogen and oxygen atoms in total. The molecule has 4 N–H and O–H groups in total. The zero-order chi connectivity index (χ0) is 21.6. The Hall–Kier alpha value is -0.750. The van der Waals surface area contributed by atoms with Gasteiger partial charge in [-0.15, -0.1) is 0 Å². The number of aromatic carboxylic acids is 1. The lowest BCUT2D eigenvalue weighted by Gasteiger charge is -2.20. The van der Waals surface area contributed by atoms with Gasteiger partial charge < -0.3 is 25.8 Å². The summed E-state index contributed by atoms with van der Waals surface area (Å²) in [6.45, 7) is 1.51. The number of carbonyl (C=O) groups excluding carboxylic acids is 3. The van der Waals surface area contributed by atoms with Crippen LogP contribution in [0.3, 0.4) is 0 Å². The summed E-state index contributed by atoms with van der Waals surface area (Å²) in [5.41, 5.74) is 0.181. The molecule has 1 atom stereocenters. The molecule has 0 fully saturated rings. The molecule has 28 heavy (non-hydrogen) atoms. The van der Waals surface area contributed by atoms with E-state index in [4.69, 9.17) is 4.74 Å². The third-order valence-corrected chi connectivity index (χ3v) is 6.81. The van der Waals surface area contributed by atoms with Crippen molar-refractivity contribution in [3.63, 3.8) is 0 Å². The molecule has 0 spiro atoms. The van der Waals surface area contributed by atoms with Crippen molar-refractivity contribution < 1.29 is 29.0 Å². The van der Waals surface area contributed by atoms with Gasteiger partial charge >= 0.3 is 5.97 Å². The lowest BCUT2D eigenvalue weighted by atomic mass is 10.1. The molecular formula is C16H18I3N3O6. The summed E-state index contributed by atoms with van der Waals surface area (Å²) in [4.78, 5) is 48.5. The summed E-state index contributed by atoms with van der Waals surface area (Å²) >= 11 is 5.48. The van der Waals surface area contributed by atoms with Gasteiger partial charge in [0, 0.05) is 17.7 Å². The van der Waals surface area contributed by atoms with Crippen molar-refractivity contribution in [1.29, 1.82) is 0 Å². The molecule has 0 heterocycles. The molecule has 0 aliphatic carbocycles. The largest absolute Gasteiger partial charge is 0.478 e. The topological polar surface area (TPSA) is 134 Å². The standard InChI is InChI=1S/C16H18I3N3O6/c1-4-6(14(24)20-2)21-15(25)8-10(17)9(16(26)27)12(19)13(11(8)18)22-7(23)5-28-3/h6H,4-5H2,1-3H3,(H,20,24)(H,21,25)(H,22,23)(H,26,27). The number of likely N-dealkylation sites (N-methyl/N-ethyl adjacent to an activating group) is 1. The fourth-order valence-corrected chi connectivity index (χ4v) is 6.61. The molecule has 154 valence electrons. The number of hydrogen-bond acceptors (Lipinski definition) is 5. The van der Waals surface area contributed by atoms with Gasteiger partial charge in [-0.25, -0.2) is 4.79 Å². The summed E-state index contributed by atoms with van der Waals surface area (Å²) in [5.74, 6) is -2.69. The highest BCUT2D eigenvalue weighted by Crippen LogP contribution is 2.35. The smallest absolute Gasteiger partial charge is 0.337 e. The van der Waals surface area contributed by atoms with Crippen LogP contribution in [0.2, 0.25) is 0 Å². The maximum atomic E-state index is 12.9. The van der Waals surface area contributed by atoms with Crippen LogP contribution in [-0.4, -0.2) is 55.6 Å². The van der Waals surface area contributed by atoms with Gasteiger partial charge in [0.25, 0.3) is 5.91 Å². The van der Waals surface area contributed by atoms with Crippen molar-refractivity contribution in [2.75, 3.05) is 26.1 Å². The number of carboxylic acid groups (broad SMARTS) is 1. The Balaban J connectivity index is 3.54. The summed E-state index contributed by atoms with van der Waals surface area (Å²) < 4.78 is 5.65. The van der Waals surface area contributed by atoms with Gasteiger partial charge in [-0.05, 0) is 74.2 Å². The number of benzene rings is 1. The second-order valence-electron chi connectivity index (χ2n) is 5.40. The van der Waals surface area contributed by atoms with E-state index in [1.165, 1.54) is 14.2 Å². The average Bonchev–Trinajstić information content (AvgIpc) is 2.62. The summed E-state index contributed by atoms with van der Waals surface area (Å²) in [7, 11) is 2.82. The number of hydrogen-bond donors (Lipinski definition) is 4. The van der Waals surface area contributed by atoms with Crippen LogP contribution in [0.5, 0.6) is 0 Å². The monoisotopic (exact) mass is 729 g/mol. The van der Waals surface area contributed by atoms with Crippen molar-refractivity contribution >= 4 is 97.2 Å². The second kappa shape index (κ2) is 11.4. The first-order valence-corrected chi connectivity index (χ1v) is 11.1. The molecule has 0 aliphatic rings. The fraction of sp³-hybridized carbons (Fsp3) is 0.375. The Morgan fingerprint density at radius 2 is 1.64 bits per heavy atom. The number of rotatable bonds is 8. The van der Waals surface area contributed by atoms with Crippen LogP contribution < -0.4 is 16.0 Å². The lowest BCUT2D eigenvalue weighted by Crippen LogP contribution is -2.45. The first-order chi connectivity index (χ1) is 13.1. The molecule has 1 rings (SSSR count). The Morgan fingerprint density at radius 1 is 1.07 bits per heavy atom. The highest BCUT2D eigenvalue weighted by atomic mass is 127. The van der Waals surface area contributed by atoms with E-state index >= 15 is 0 Å². The van der Waals surface area contributed by atoms with Gasteiger partial charge in [0.15, 0.2) is 0 Å². The second-order valence-corrected chi connectivity index (χ2v) is 8.64. The highest BCUT2D eigenvalue weighted by Gasteiger charge is 2.30. The first-order valence-electron chi connectivity index (χ1n) is 7.85. The number of carbonyl (C=O) groups is 4. The molecule has 1 unspecified atom stereocenters. The molecule has 0 saturated carbocycles. The molecule has 1 aromatic carbocycles. The van der Waals surface area contributed by atoms with E-state index in [1.807, 2.05) is 45.2 Å². The molecule has 12 heteroatoms. The highest BCUT2D eigenvalue weighted by molar-refractivity contribution is 14.1. The third-order valence-electron chi connectivity index (χ3n) is 3.57. The molecular weight excluding hydrogens is 711 g/mol. The Kier molecular flexibility index (Phi) is 10.3. The van der Waals surface area contributed by atoms with E-state index in [0.29, 0.717) is 13.6 Å². The number of ether oxygens (including phenoxy) is 1. The molecule has 0 aromatic heterocycles. The summed E-state index contributed by atoms with van der Waals surface area (Å²) in [6, 6.07) is -0.775. The van der Waals surface area contributed by atoms with E-state index in [-0.39, 0.29) is 32.9 Å². The van der Waals surface area contributed by atoms with E-state index in [2.05, 4.69) is 16.0 Å². The molecule has 0 aliphatic heterocycles. The van der Waals surface area contributed by atoms with Crippen LogP contribution in [0.4, 0.5) is 5.69 Å². The minimum absolute atomic E-state index is 0.0779. The van der Waals surface area contributed by atoms with Crippen LogP contribution in [-0.2, 0) is 14.3 Å². The molecule has 3 amide bonds. The fourth-order valence-electron chi connectivity index (χ4n) is 2.23. The Morgan fingerprint density at radius 3 is 2.11 bits per heavy atom. The van der Waals surface area contributed by atoms with Crippen molar-refractivity contribution in [2.24, 2.45) is 0 Å². The summed E-state index contributed by atoms with van der Waals surface area (Å²) in [6.07, 6.45) is 0.353. The third kappa shape index (κ3) is 5.88. The van der Waals surface area contributed by atoms with Crippen molar-refractivity contribution in [3.8, 4) is 0 Å². The van der Waals surface area contributed by atoms with Crippen molar-refractivity contribution in [2.45, 2.75) is 19.4 Å². The Labute approximate surface area is 202 Å². The van der Waals surface area contributed by atoms with Crippen molar-refractivity contribution in [1.82, 2.24) is 10.6 Å². The zero-order valence-corrected chi connectivity index (χ0v) is 21.6. The van der Waals surface area contributed by atoms with E-state index in [0.717, 1.165) is 0 Å². The number of carboxylic acids is 1. The van der Waals surface area contributed by atoms with E-state index in [1.54, 1.807) is 29.5 Å². The predicted molar refractivity (Wildman–Crippen MR) is 128 cm³/mol. The predicted octanol–water partition coefficient (Wildman–Crippen LogP) is 2.04. The van der Waals surface area contributed by atoms with Crippen molar-refractivity contribution in [3.05, 3.63) is 21.8 Å². The molecule has 0 bridgehead atoms. The zero-order valence-electron chi connectivity index (χ0n) is 15.1. The number of amides is 3.